The average Bonchev–Trinajstić information content (AvgIpc) is 2.86. The Hall–Kier alpha value is -1.55. The lowest BCUT2D eigenvalue weighted by molar-refractivity contribution is 0.309. The summed E-state index contributed by atoms with van der Waals surface area (Å²) in [6.07, 6.45) is 6.01. The minimum Gasteiger partial charge on any atom is -0.344 e. The quantitative estimate of drug-likeness (QED) is 0.673. The molecule has 1 aliphatic rings. The van der Waals surface area contributed by atoms with Gasteiger partial charge >= 0.3 is 0 Å². The van der Waals surface area contributed by atoms with Crippen LogP contribution in [-0.4, -0.2) is 28.0 Å². The van der Waals surface area contributed by atoms with Crippen molar-refractivity contribution < 1.29 is 0 Å². The van der Waals surface area contributed by atoms with Crippen LogP contribution in [0.3, 0.4) is 0 Å². The van der Waals surface area contributed by atoms with Crippen LogP contribution in [0, 0.1) is 6.92 Å². The molecule has 0 amide bonds. The smallest absolute Gasteiger partial charge is 0.0486 e. The topological polar surface area (TPSA) is 21.1 Å². The Balaban J connectivity index is 0.00000113. The van der Waals surface area contributed by atoms with Gasteiger partial charge in [-0.1, -0.05) is 17.7 Å². The van der Waals surface area contributed by atoms with E-state index in [1.165, 1.54) is 33.3 Å². The van der Waals surface area contributed by atoms with E-state index >= 15 is 0 Å². The van der Waals surface area contributed by atoms with Crippen LogP contribution in [0.4, 0.5) is 0 Å². The molecule has 3 nitrogen and oxygen atoms in total. The minimum atomic E-state index is 0. The van der Waals surface area contributed by atoms with E-state index in [1.54, 1.807) is 0 Å². The molecule has 0 saturated carbocycles. The number of benzene rings is 1. The van der Waals surface area contributed by atoms with Gasteiger partial charge in [-0.25, -0.2) is 0 Å². The highest BCUT2D eigenvalue weighted by atomic mass is 35.5. The van der Waals surface area contributed by atoms with Gasteiger partial charge in [-0.05, 0) is 49.7 Å². The molecule has 0 radical (unpaired) electrons. The van der Waals surface area contributed by atoms with Crippen molar-refractivity contribution in [1.29, 1.82) is 0 Å². The first-order valence-corrected chi connectivity index (χ1v) is 8.40. The van der Waals surface area contributed by atoms with E-state index in [0.29, 0.717) is 0 Å². The Morgan fingerprint density at radius 3 is 2.76 bits per heavy atom. The molecule has 0 atom stereocenters. The molecular weight excluding hydrogens is 353 g/mol. The number of halogens is 2. The standard InChI is InChI=1S/C20H23N3.2ClH/c1-15-5-6-19-17(12-15)18-14-22(2)10-8-20(18)23(19)11-7-16-4-3-9-21-13-16;;/h3-6,9,12-13H,7-8,10-11,14H2,1-2H3;2*1H. The summed E-state index contributed by atoms with van der Waals surface area (Å²) in [5.41, 5.74) is 7.11. The van der Waals surface area contributed by atoms with Crippen LogP contribution in [0.15, 0.2) is 42.7 Å². The van der Waals surface area contributed by atoms with Crippen molar-refractivity contribution in [2.24, 2.45) is 0 Å². The Labute approximate surface area is 161 Å². The Bertz CT molecular complexity index is 843. The Morgan fingerprint density at radius 1 is 1.16 bits per heavy atom. The zero-order valence-corrected chi connectivity index (χ0v) is 16.4. The Morgan fingerprint density at radius 2 is 2.00 bits per heavy atom. The number of hydrogen-bond acceptors (Lipinski definition) is 2. The number of rotatable bonds is 3. The van der Waals surface area contributed by atoms with Gasteiger partial charge in [-0.15, -0.1) is 24.8 Å². The van der Waals surface area contributed by atoms with E-state index in [9.17, 15) is 0 Å². The molecule has 4 rings (SSSR count). The molecule has 0 fully saturated rings. The van der Waals surface area contributed by atoms with Gasteiger partial charge in [0.25, 0.3) is 0 Å². The molecule has 5 heteroatoms. The van der Waals surface area contributed by atoms with Gasteiger partial charge in [0.05, 0.1) is 0 Å². The highest BCUT2D eigenvalue weighted by Gasteiger charge is 2.22. The van der Waals surface area contributed by atoms with Gasteiger partial charge in [0.15, 0.2) is 0 Å². The van der Waals surface area contributed by atoms with Gasteiger partial charge in [0.1, 0.15) is 0 Å². The van der Waals surface area contributed by atoms with Gasteiger partial charge in [-0.3, -0.25) is 4.98 Å². The van der Waals surface area contributed by atoms with E-state index in [4.69, 9.17) is 0 Å². The van der Waals surface area contributed by atoms with E-state index in [0.717, 1.165) is 32.5 Å². The van der Waals surface area contributed by atoms with E-state index in [-0.39, 0.29) is 24.8 Å². The van der Waals surface area contributed by atoms with Crippen LogP contribution in [0.25, 0.3) is 10.9 Å². The third-order valence-corrected chi connectivity index (χ3v) is 4.95. The second-order valence-electron chi connectivity index (χ2n) is 6.70. The number of aromatic nitrogens is 2. The number of aryl methyl sites for hydroxylation is 3. The fourth-order valence-electron chi connectivity index (χ4n) is 3.74. The molecule has 0 bridgehead atoms. The monoisotopic (exact) mass is 377 g/mol. The molecule has 1 aromatic carbocycles. The Kier molecular flexibility index (Phi) is 6.50. The van der Waals surface area contributed by atoms with Crippen molar-refractivity contribution in [3.05, 3.63) is 65.1 Å². The van der Waals surface area contributed by atoms with Crippen LogP contribution in [-0.2, 0) is 25.9 Å². The zero-order chi connectivity index (χ0) is 15.8. The molecule has 134 valence electrons. The van der Waals surface area contributed by atoms with Crippen LogP contribution in [0.2, 0.25) is 0 Å². The first kappa shape index (κ1) is 19.8. The molecular formula is C20H25Cl2N3. The number of fused-ring (bicyclic) bond motifs is 3. The second-order valence-corrected chi connectivity index (χ2v) is 6.70. The van der Waals surface area contributed by atoms with Crippen molar-refractivity contribution in [3.63, 3.8) is 0 Å². The first-order chi connectivity index (χ1) is 11.2. The van der Waals surface area contributed by atoms with E-state index in [1.807, 2.05) is 18.5 Å². The SMILES string of the molecule is Cc1ccc2c(c1)c1c(n2CCc2cccnc2)CCN(C)C1.Cl.Cl. The predicted molar refractivity (Wildman–Crippen MR) is 109 cm³/mol. The van der Waals surface area contributed by atoms with Crippen molar-refractivity contribution in [3.8, 4) is 0 Å². The molecule has 25 heavy (non-hydrogen) atoms. The number of pyridine rings is 1. The summed E-state index contributed by atoms with van der Waals surface area (Å²) < 4.78 is 2.55. The van der Waals surface area contributed by atoms with Gasteiger partial charge in [-0.2, -0.15) is 0 Å². The van der Waals surface area contributed by atoms with Crippen LogP contribution in [0.1, 0.15) is 22.4 Å². The summed E-state index contributed by atoms with van der Waals surface area (Å²) in [6.45, 7) is 5.43. The second kappa shape index (κ2) is 8.22. The summed E-state index contributed by atoms with van der Waals surface area (Å²) in [4.78, 5) is 6.67. The number of likely N-dealkylation sites (N-methyl/N-ethyl adjacent to an activating group) is 1. The highest BCUT2D eigenvalue weighted by molar-refractivity contribution is 5.86. The van der Waals surface area contributed by atoms with Crippen LogP contribution >= 0.6 is 24.8 Å². The largest absolute Gasteiger partial charge is 0.344 e. The minimum absolute atomic E-state index is 0. The lowest BCUT2D eigenvalue weighted by atomic mass is 10.0. The third kappa shape index (κ3) is 3.84. The van der Waals surface area contributed by atoms with Gasteiger partial charge in [0, 0.05) is 55.0 Å². The summed E-state index contributed by atoms with van der Waals surface area (Å²) in [6, 6.07) is 11.1. The number of nitrogens with zero attached hydrogens (tertiary/aromatic N) is 3. The molecule has 3 aromatic rings. The first-order valence-electron chi connectivity index (χ1n) is 8.40. The zero-order valence-electron chi connectivity index (χ0n) is 14.7. The molecule has 0 saturated heterocycles. The van der Waals surface area contributed by atoms with Crippen LogP contribution < -0.4 is 0 Å². The summed E-state index contributed by atoms with van der Waals surface area (Å²) >= 11 is 0. The molecule has 0 aliphatic carbocycles. The predicted octanol–water partition coefficient (Wildman–Crippen LogP) is 4.42. The summed E-state index contributed by atoms with van der Waals surface area (Å²) in [5, 5.41) is 1.44. The van der Waals surface area contributed by atoms with Crippen molar-refractivity contribution in [1.82, 2.24) is 14.5 Å². The van der Waals surface area contributed by atoms with Gasteiger partial charge < -0.3 is 9.47 Å². The van der Waals surface area contributed by atoms with Crippen molar-refractivity contribution in [2.45, 2.75) is 32.9 Å². The summed E-state index contributed by atoms with van der Waals surface area (Å²) in [5.74, 6) is 0. The lowest BCUT2D eigenvalue weighted by Gasteiger charge is -2.24. The lowest BCUT2D eigenvalue weighted by Crippen LogP contribution is -2.27. The van der Waals surface area contributed by atoms with E-state index < -0.39 is 0 Å². The van der Waals surface area contributed by atoms with E-state index in [2.05, 4.69) is 52.7 Å². The molecule has 1 aliphatic heterocycles. The average molecular weight is 378 g/mol. The normalized spacial score (nSPS) is 13.8. The molecule has 0 N–H and O–H groups in total. The number of hydrogen-bond donors (Lipinski definition) is 0. The summed E-state index contributed by atoms with van der Waals surface area (Å²) in [7, 11) is 2.22. The van der Waals surface area contributed by atoms with Crippen LogP contribution in [0.5, 0.6) is 0 Å². The maximum Gasteiger partial charge on any atom is 0.0486 e. The maximum atomic E-state index is 4.24. The van der Waals surface area contributed by atoms with Gasteiger partial charge in [0.2, 0.25) is 0 Å². The molecule has 0 unspecified atom stereocenters. The van der Waals surface area contributed by atoms with Crippen molar-refractivity contribution >= 4 is 35.7 Å². The highest BCUT2D eigenvalue weighted by Crippen LogP contribution is 2.31. The fourth-order valence-corrected chi connectivity index (χ4v) is 3.74. The fraction of sp³-hybridized carbons (Fsp3) is 0.350. The molecule has 2 aromatic heterocycles. The molecule has 0 spiro atoms. The maximum absolute atomic E-state index is 4.24. The van der Waals surface area contributed by atoms with Crippen molar-refractivity contribution in [2.75, 3.05) is 13.6 Å². The molecule has 3 heterocycles. The third-order valence-electron chi connectivity index (χ3n) is 4.95.